The van der Waals surface area contributed by atoms with Gasteiger partial charge < -0.3 is 0 Å². The normalized spacial score (nSPS) is 17.6. The lowest BCUT2D eigenvalue weighted by atomic mass is 9.77. The van der Waals surface area contributed by atoms with Crippen LogP contribution in [0.5, 0.6) is 0 Å². The summed E-state index contributed by atoms with van der Waals surface area (Å²) in [6.07, 6.45) is 1.90. The van der Waals surface area contributed by atoms with E-state index in [1.165, 1.54) is 39.1 Å². The van der Waals surface area contributed by atoms with Crippen molar-refractivity contribution in [3.05, 3.63) is 70.7 Å². The summed E-state index contributed by atoms with van der Waals surface area (Å²) in [6, 6.07) is 13.2. The molecule has 2 aliphatic carbocycles. The van der Waals surface area contributed by atoms with Gasteiger partial charge in [0.1, 0.15) is 0 Å². The molecule has 2 nitrogen and oxygen atoms in total. The Morgan fingerprint density at radius 3 is 2.36 bits per heavy atom. The second kappa shape index (κ2) is 4.37. The molecular formula is C23H22N2. The molecule has 2 heteroatoms. The quantitative estimate of drug-likeness (QED) is 0.553. The largest absolute Gasteiger partial charge is 0.257 e. The van der Waals surface area contributed by atoms with Gasteiger partial charge in [-0.2, -0.15) is 0 Å². The topological polar surface area (TPSA) is 25.8 Å². The summed E-state index contributed by atoms with van der Waals surface area (Å²) in [5.41, 5.74) is 11.4. The minimum Gasteiger partial charge on any atom is -0.257 e. The molecule has 0 spiro atoms. The minimum atomic E-state index is -0.0655. The third-order valence-electron chi connectivity index (χ3n) is 6.14. The summed E-state index contributed by atoms with van der Waals surface area (Å²) >= 11 is 0. The molecule has 25 heavy (non-hydrogen) atoms. The summed E-state index contributed by atoms with van der Waals surface area (Å²) in [5.74, 6) is 0. The maximum absolute atomic E-state index is 4.93. The summed E-state index contributed by atoms with van der Waals surface area (Å²) in [6.45, 7) is 11.3. The minimum absolute atomic E-state index is 0.0488. The van der Waals surface area contributed by atoms with Crippen LogP contribution in [0.25, 0.3) is 22.4 Å². The molecule has 0 unspecified atom stereocenters. The number of rotatable bonds is 0. The SMILES string of the molecule is Cc1ccc2c(n1)C(C)(C)c1ccc3c(c1-2)C(C)(C)c1cccnc1-3. The molecule has 0 fully saturated rings. The van der Waals surface area contributed by atoms with E-state index in [4.69, 9.17) is 9.97 Å². The number of fused-ring (bicyclic) bond motifs is 7. The molecule has 124 valence electrons. The Morgan fingerprint density at radius 1 is 0.800 bits per heavy atom. The lowest BCUT2D eigenvalue weighted by molar-refractivity contribution is 0.630. The molecule has 1 aromatic carbocycles. The molecule has 2 aliphatic rings. The van der Waals surface area contributed by atoms with Crippen LogP contribution >= 0.6 is 0 Å². The van der Waals surface area contributed by atoms with Crippen LogP contribution in [0.2, 0.25) is 0 Å². The van der Waals surface area contributed by atoms with Crippen molar-refractivity contribution < 1.29 is 0 Å². The van der Waals surface area contributed by atoms with Gasteiger partial charge >= 0.3 is 0 Å². The molecule has 0 N–H and O–H groups in total. The van der Waals surface area contributed by atoms with Crippen LogP contribution in [-0.2, 0) is 10.8 Å². The molecule has 5 rings (SSSR count). The Bertz CT molecular complexity index is 1060. The highest BCUT2D eigenvalue weighted by Crippen LogP contribution is 2.57. The number of nitrogens with zero attached hydrogens (tertiary/aromatic N) is 2. The zero-order chi connectivity index (χ0) is 17.6. The van der Waals surface area contributed by atoms with Gasteiger partial charge in [0.2, 0.25) is 0 Å². The van der Waals surface area contributed by atoms with Crippen molar-refractivity contribution in [1.82, 2.24) is 9.97 Å². The molecule has 2 aromatic heterocycles. The predicted octanol–water partition coefficient (Wildman–Crippen LogP) is 5.40. The van der Waals surface area contributed by atoms with Crippen molar-refractivity contribution in [2.24, 2.45) is 0 Å². The van der Waals surface area contributed by atoms with E-state index < -0.39 is 0 Å². The van der Waals surface area contributed by atoms with Gasteiger partial charge in [0.05, 0.1) is 11.4 Å². The molecule has 0 saturated carbocycles. The van der Waals surface area contributed by atoms with Crippen LogP contribution in [0, 0.1) is 6.92 Å². The average Bonchev–Trinajstić information content (AvgIpc) is 2.95. The third kappa shape index (κ3) is 1.65. The average molecular weight is 326 g/mol. The first-order valence-electron chi connectivity index (χ1n) is 8.96. The number of aryl methyl sites for hydroxylation is 1. The van der Waals surface area contributed by atoms with Crippen molar-refractivity contribution in [1.29, 1.82) is 0 Å². The van der Waals surface area contributed by atoms with E-state index in [0.717, 1.165) is 11.4 Å². The second-order valence-corrected chi connectivity index (χ2v) is 8.41. The summed E-state index contributed by atoms with van der Waals surface area (Å²) in [4.78, 5) is 9.64. The van der Waals surface area contributed by atoms with Gasteiger partial charge in [0, 0.05) is 33.8 Å². The molecule has 0 aliphatic heterocycles. The first-order valence-corrected chi connectivity index (χ1v) is 8.96. The predicted molar refractivity (Wildman–Crippen MR) is 102 cm³/mol. The molecule has 0 saturated heterocycles. The summed E-state index contributed by atoms with van der Waals surface area (Å²) in [7, 11) is 0. The maximum Gasteiger partial charge on any atom is 0.0746 e. The third-order valence-corrected chi connectivity index (χ3v) is 6.14. The van der Waals surface area contributed by atoms with E-state index in [1.807, 2.05) is 6.20 Å². The highest BCUT2D eigenvalue weighted by atomic mass is 14.8. The number of benzene rings is 1. The zero-order valence-electron chi connectivity index (χ0n) is 15.4. The first kappa shape index (κ1) is 14.8. The van der Waals surface area contributed by atoms with Crippen molar-refractivity contribution in [2.75, 3.05) is 0 Å². The fraction of sp³-hybridized carbons (Fsp3) is 0.304. The fourth-order valence-corrected chi connectivity index (χ4v) is 4.87. The van der Waals surface area contributed by atoms with E-state index in [-0.39, 0.29) is 10.8 Å². The molecule has 3 aromatic rings. The van der Waals surface area contributed by atoms with E-state index in [1.54, 1.807) is 0 Å². The van der Waals surface area contributed by atoms with E-state index >= 15 is 0 Å². The van der Waals surface area contributed by atoms with Crippen LogP contribution in [0.4, 0.5) is 0 Å². The number of hydrogen-bond donors (Lipinski definition) is 0. The summed E-state index contributed by atoms with van der Waals surface area (Å²) < 4.78 is 0. The first-order chi connectivity index (χ1) is 11.8. The van der Waals surface area contributed by atoms with Crippen molar-refractivity contribution in [3.63, 3.8) is 0 Å². The fourth-order valence-electron chi connectivity index (χ4n) is 4.87. The Kier molecular flexibility index (Phi) is 2.59. The van der Waals surface area contributed by atoms with Gasteiger partial charge in [-0.3, -0.25) is 9.97 Å². The van der Waals surface area contributed by atoms with Crippen molar-refractivity contribution in [2.45, 2.75) is 45.4 Å². The van der Waals surface area contributed by atoms with Gasteiger partial charge in [0.25, 0.3) is 0 Å². The Hall–Kier alpha value is -2.48. The lowest BCUT2D eigenvalue weighted by Gasteiger charge is -2.25. The van der Waals surface area contributed by atoms with E-state index in [2.05, 4.69) is 71.0 Å². The van der Waals surface area contributed by atoms with Gasteiger partial charge in [-0.05, 0) is 41.3 Å². The van der Waals surface area contributed by atoms with E-state index in [9.17, 15) is 0 Å². The molecule has 0 radical (unpaired) electrons. The Morgan fingerprint density at radius 2 is 1.56 bits per heavy atom. The lowest BCUT2D eigenvalue weighted by Crippen LogP contribution is -2.19. The zero-order valence-corrected chi connectivity index (χ0v) is 15.4. The molecular weight excluding hydrogens is 304 g/mol. The number of pyridine rings is 2. The maximum atomic E-state index is 4.93. The molecule has 0 bridgehead atoms. The molecule has 0 amide bonds. The van der Waals surface area contributed by atoms with Gasteiger partial charge in [-0.25, -0.2) is 0 Å². The highest BCUT2D eigenvalue weighted by molar-refractivity contribution is 5.92. The van der Waals surface area contributed by atoms with Crippen LogP contribution in [0.1, 0.15) is 55.8 Å². The highest BCUT2D eigenvalue weighted by Gasteiger charge is 2.45. The van der Waals surface area contributed by atoms with E-state index in [0.29, 0.717) is 0 Å². The van der Waals surface area contributed by atoms with Crippen molar-refractivity contribution in [3.8, 4) is 22.4 Å². The van der Waals surface area contributed by atoms with Crippen LogP contribution in [-0.4, -0.2) is 9.97 Å². The Balaban J connectivity index is 1.93. The standard InChI is InChI=1S/C23H22N2/c1-13-8-9-14-18-16(23(4,5)21(14)25-13)11-10-15-19(18)22(2,3)17-7-6-12-24-20(15)17/h6-12H,1-5H3. The van der Waals surface area contributed by atoms with Crippen LogP contribution in [0.15, 0.2) is 42.6 Å². The van der Waals surface area contributed by atoms with Gasteiger partial charge in [0.15, 0.2) is 0 Å². The van der Waals surface area contributed by atoms with Crippen LogP contribution < -0.4 is 0 Å². The number of hydrogen-bond acceptors (Lipinski definition) is 2. The van der Waals surface area contributed by atoms with Crippen LogP contribution in [0.3, 0.4) is 0 Å². The summed E-state index contributed by atoms with van der Waals surface area (Å²) in [5, 5.41) is 0. The Labute approximate surface area is 149 Å². The monoisotopic (exact) mass is 326 g/mol. The van der Waals surface area contributed by atoms with Gasteiger partial charge in [-0.1, -0.05) is 52.0 Å². The molecule has 2 heterocycles. The van der Waals surface area contributed by atoms with Crippen molar-refractivity contribution >= 4 is 0 Å². The smallest absolute Gasteiger partial charge is 0.0746 e. The number of aromatic nitrogens is 2. The second-order valence-electron chi connectivity index (χ2n) is 8.41. The van der Waals surface area contributed by atoms with Gasteiger partial charge in [-0.15, -0.1) is 0 Å². The molecule has 0 atom stereocenters.